The predicted molar refractivity (Wildman–Crippen MR) is 137 cm³/mol. The molecule has 1 atom stereocenters. The molecule has 0 radical (unpaired) electrons. The van der Waals surface area contributed by atoms with Gasteiger partial charge in [-0.25, -0.2) is 19.2 Å². The number of ketones is 1. The summed E-state index contributed by atoms with van der Waals surface area (Å²) in [5.74, 6) is -8.83. The Kier molecular flexibility index (Phi) is 7.48. The molecule has 0 fully saturated rings. The maximum atomic E-state index is 12.9. The Labute approximate surface area is 225 Å². The summed E-state index contributed by atoms with van der Waals surface area (Å²) in [6.07, 6.45) is 3.97. The van der Waals surface area contributed by atoms with E-state index in [2.05, 4.69) is 0 Å². The number of hydrogen-bond acceptors (Lipinski definition) is 7. The van der Waals surface area contributed by atoms with Crippen molar-refractivity contribution in [3.05, 3.63) is 118 Å². The Balaban J connectivity index is 1.78. The van der Waals surface area contributed by atoms with Gasteiger partial charge in [-0.05, 0) is 36.4 Å². The molecule has 0 amide bonds. The Bertz CT molecular complexity index is 1600. The summed E-state index contributed by atoms with van der Waals surface area (Å²) in [6.45, 7) is 0. The van der Waals surface area contributed by atoms with Crippen molar-refractivity contribution in [1.29, 1.82) is 0 Å². The van der Waals surface area contributed by atoms with Gasteiger partial charge in [0, 0.05) is 23.6 Å². The monoisotopic (exact) mass is 544 g/mol. The number of aromatic carboxylic acids is 4. The minimum absolute atomic E-state index is 0.149. The van der Waals surface area contributed by atoms with Gasteiger partial charge in [-0.3, -0.25) is 4.79 Å². The number of carboxylic acids is 4. The molecule has 0 saturated carbocycles. The van der Waals surface area contributed by atoms with Crippen LogP contribution in [0.25, 0.3) is 0 Å². The zero-order valence-corrected chi connectivity index (χ0v) is 20.4. The highest BCUT2D eigenvalue weighted by molar-refractivity contribution is 6.10. The molecule has 202 valence electrons. The number of benzene rings is 3. The van der Waals surface area contributed by atoms with Gasteiger partial charge in [0.2, 0.25) is 0 Å². The number of ether oxygens (including phenoxy) is 2. The van der Waals surface area contributed by atoms with Gasteiger partial charge in [0.15, 0.2) is 5.78 Å². The van der Waals surface area contributed by atoms with Crippen molar-refractivity contribution in [2.75, 3.05) is 0 Å². The minimum atomic E-state index is -1.89. The number of Topliss-reactive ketones (excluding diaryl/α,β-unsaturated/α-hetero) is 1. The van der Waals surface area contributed by atoms with Crippen molar-refractivity contribution < 1.29 is 53.9 Å². The van der Waals surface area contributed by atoms with Crippen LogP contribution in [0.15, 0.2) is 90.5 Å². The van der Waals surface area contributed by atoms with E-state index in [1.165, 1.54) is 36.4 Å². The van der Waals surface area contributed by atoms with E-state index >= 15 is 0 Å². The molecule has 4 N–H and O–H groups in total. The first-order chi connectivity index (χ1) is 19.0. The van der Waals surface area contributed by atoms with Crippen molar-refractivity contribution in [2.45, 2.75) is 12.2 Å². The smallest absolute Gasteiger partial charge is 0.340 e. The molecule has 1 unspecified atom stereocenters. The molecular weight excluding hydrogens is 524 g/mol. The van der Waals surface area contributed by atoms with Gasteiger partial charge in [-0.2, -0.15) is 0 Å². The number of allylic oxidation sites excluding steroid dienone is 2. The highest BCUT2D eigenvalue weighted by atomic mass is 16.7. The number of carboxylic acid groups (broad SMARTS) is 4. The molecule has 1 aliphatic carbocycles. The molecule has 1 aliphatic rings. The Morgan fingerprint density at radius 3 is 1.93 bits per heavy atom. The van der Waals surface area contributed by atoms with E-state index in [1.54, 1.807) is 30.3 Å². The highest BCUT2D eigenvalue weighted by Crippen LogP contribution is 2.35. The lowest BCUT2D eigenvalue weighted by Crippen LogP contribution is -2.42. The van der Waals surface area contributed by atoms with Gasteiger partial charge in [0.25, 0.3) is 5.79 Å². The molecule has 0 heterocycles. The maximum Gasteiger partial charge on any atom is 0.340 e. The van der Waals surface area contributed by atoms with E-state index in [4.69, 9.17) is 9.47 Å². The first-order valence-electron chi connectivity index (χ1n) is 11.6. The summed E-state index contributed by atoms with van der Waals surface area (Å²) in [7, 11) is 0. The third-order valence-corrected chi connectivity index (χ3v) is 5.92. The lowest BCUT2D eigenvalue weighted by atomic mass is 9.95. The van der Waals surface area contributed by atoms with Crippen molar-refractivity contribution >= 4 is 29.7 Å². The number of carbonyl (C=O) groups is 5. The fourth-order valence-corrected chi connectivity index (χ4v) is 4.05. The first kappa shape index (κ1) is 27.3. The predicted octanol–water partition coefficient (Wildman–Crippen LogP) is 4.40. The van der Waals surface area contributed by atoms with Crippen LogP contribution in [0.4, 0.5) is 0 Å². The highest BCUT2D eigenvalue weighted by Gasteiger charge is 2.37. The third kappa shape index (κ3) is 5.58. The molecule has 40 heavy (non-hydrogen) atoms. The van der Waals surface area contributed by atoms with Crippen LogP contribution in [0, 0.1) is 0 Å². The second-order valence-electron chi connectivity index (χ2n) is 8.51. The average molecular weight is 544 g/mol. The number of rotatable bonds is 10. The van der Waals surface area contributed by atoms with Crippen LogP contribution >= 0.6 is 0 Å². The van der Waals surface area contributed by atoms with Crippen molar-refractivity contribution in [3.63, 3.8) is 0 Å². The van der Waals surface area contributed by atoms with Crippen LogP contribution in [0.3, 0.4) is 0 Å². The molecule has 0 spiro atoms. The molecule has 0 saturated heterocycles. The molecule has 0 bridgehead atoms. The Morgan fingerprint density at radius 1 is 0.675 bits per heavy atom. The first-order valence-corrected chi connectivity index (χ1v) is 11.6. The van der Waals surface area contributed by atoms with Crippen LogP contribution in [0.5, 0.6) is 11.5 Å². The lowest BCUT2D eigenvalue weighted by molar-refractivity contribution is -0.0695. The van der Waals surface area contributed by atoms with Gasteiger partial charge in [0.1, 0.15) is 17.1 Å². The van der Waals surface area contributed by atoms with Crippen LogP contribution in [0.1, 0.15) is 58.2 Å². The Morgan fingerprint density at radius 2 is 1.35 bits per heavy atom. The van der Waals surface area contributed by atoms with E-state index in [9.17, 15) is 44.4 Å². The molecular formula is C29H20O11. The topological polar surface area (TPSA) is 185 Å². The fourth-order valence-electron chi connectivity index (χ4n) is 4.05. The van der Waals surface area contributed by atoms with Crippen LogP contribution in [-0.2, 0) is 0 Å². The second-order valence-corrected chi connectivity index (χ2v) is 8.51. The van der Waals surface area contributed by atoms with Gasteiger partial charge in [-0.15, -0.1) is 0 Å². The van der Waals surface area contributed by atoms with Crippen LogP contribution < -0.4 is 9.47 Å². The number of carbonyl (C=O) groups excluding carboxylic acids is 1. The largest absolute Gasteiger partial charge is 0.478 e. The Hall–Kier alpha value is -5.71. The molecule has 0 aromatic heterocycles. The molecule has 11 heteroatoms. The molecule has 11 nitrogen and oxygen atoms in total. The van der Waals surface area contributed by atoms with Gasteiger partial charge < -0.3 is 29.9 Å². The van der Waals surface area contributed by atoms with Crippen LogP contribution in [0.2, 0.25) is 0 Å². The van der Waals surface area contributed by atoms with E-state index < -0.39 is 51.9 Å². The zero-order valence-electron chi connectivity index (χ0n) is 20.4. The van der Waals surface area contributed by atoms with E-state index in [0.29, 0.717) is 5.56 Å². The lowest BCUT2D eigenvalue weighted by Gasteiger charge is -2.34. The van der Waals surface area contributed by atoms with Crippen molar-refractivity contribution in [1.82, 2.24) is 0 Å². The van der Waals surface area contributed by atoms with Gasteiger partial charge in [0.05, 0.1) is 16.7 Å². The summed E-state index contributed by atoms with van der Waals surface area (Å²) in [5.41, 5.74) is -1.60. The van der Waals surface area contributed by atoms with Crippen LogP contribution in [-0.4, -0.2) is 55.9 Å². The third-order valence-electron chi connectivity index (χ3n) is 5.92. The van der Waals surface area contributed by atoms with Crippen molar-refractivity contribution in [3.8, 4) is 11.5 Å². The minimum Gasteiger partial charge on any atom is -0.478 e. The van der Waals surface area contributed by atoms with E-state index in [0.717, 1.165) is 18.2 Å². The fraction of sp³-hybridized carbons (Fsp3) is 0.0690. The van der Waals surface area contributed by atoms with E-state index in [1.807, 2.05) is 0 Å². The maximum absolute atomic E-state index is 12.9. The quantitative estimate of drug-likeness (QED) is 0.209. The summed E-state index contributed by atoms with van der Waals surface area (Å²) in [4.78, 5) is 59.7. The summed E-state index contributed by atoms with van der Waals surface area (Å²) >= 11 is 0. The summed E-state index contributed by atoms with van der Waals surface area (Å²) < 4.78 is 11.9. The molecule has 4 rings (SSSR count). The second kappa shape index (κ2) is 11.0. The zero-order chi connectivity index (χ0) is 29.0. The summed E-state index contributed by atoms with van der Waals surface area (Å²) in [5, 5.41) is 38.0. The average Bonchev–Trinajstić information content (AvgIpc) is 2.93. The number of hydrogen-bond donors (Lipinski definition) is 4. The summed E-state index contributed by atoms with van der Waals surface area (Å²) in [6, 6.07) is 15.1. The molecule has 3 aromatic carbocycles. The van der Waals surface area contributed by atoms with E-state index in [-0.39, 0.29) is 29.3 Å². The standard InChI is InChI=1S/C29H20O11/c30-24(16-5-2-1-3-6-16)17-11-13-29(14-12-17,39-18-9-10-19(25(31)32)21(15-18)27(35)36)40-22-8-4-7-20(26(33)34)23(22)28(37)38/h1-13,15H,14H2,(H,31,32)(H,33,34)(H,35,36)(H,37,38). The van der Waals surface area contributed by atoms with Gasteiger partial charge >= 0.3 is 23.9 Å². The van der Waals surface area contributed by atoms with Crippen molar-refractivity contribution in [2.24, 2.45) is 0 Å². The SMILES string of the molecule is O=C(C1=CCC(Oc2ccc(C(=O)O)c(C(=O)O)c2)(Oc2cccc(C(=O)O)c2C(=O)O)C=C1)c1ccccc1. The van der Waals surface area contributed by atoms with Gasteiger partial charge in [-0.1, -0.05) is 42.5 Å². The molecule has 3 aromatic rings. The normalized spacial score (nSPS) is 15.9. The molecule has 0 aliphatic heterocycles.